The summed E-state index contributed by atoms with van der Waals surface area (Å²) in [6.45, 7) is 0. The second-order valence-corrected chi connectivity index (χ2v) is 6.19. The Balaban J connectivity index is 2.37. The van der Waals surface area contributed by atoms with E-state index in [1.165, 1.54) is 30.6 Å². The Bertz CT molecular complexity index is 664. The van der Waals surface area contributed by atoms with E-state index < -0.39 is 10.0 Å². The number of hydrogen-bond acceptors (Lipinski definition) is 4. The first kappa shape index (κ1) is 13.3. The Morgan fingerprint density at radius 1 is 1.22 bits per heavy atom. The summed E-state index contributed by atoms with van der Waals surface area (Å²) >= 11 is 8.91. The summed E-state index contributed by atoms with van der Waals surface area (Å²) in [5, 5.41) is 0.441. The first-order valence-corrected chi connectivity index (χ1v) is 7.39. The van der Waals surface area contributed by atoms with Gasteiger partial charge in [-0.15, -0.1) is 0 Å². The van der Waals surface area contributed by atoms with Crippen LogP contribution in [0.15, 0.2) is 46.0 Å². The summed E-state index contributed by atoms with van der Waals surface area (Å²) in [7, 11) is -3.74. The van der Waals surface area contributed by atoms with Crippen LogP contribution in [-0.2, 0) is 10.0 Å². The fraction of sp³-hybridized carbons (Fsp3) is 0. The topological polar surface area (TPSA) is 72.0 Å². The number of nitrogens with zero attached hydrogens (tertiary/aromatic N) is 2. The predicted molar refractivity (Wildman–Crippen MR) is 72.0 cm³/mol. The zero-order valence-corrected chi connectivity index (χ0v) is 12.0. The quantitative estimate of drug-likeness (QED) is 0.925. The van der Waals surface area contributed by atoms with Gasteiger partial charge in [-0.3, -0.25) is 0 Å². The van der Waals surface area contributed by atoms with Crippen LogP contribution in [0.5, 0.6) is 0 Å². The van der Waals surface area contributed by atoms with Crippen LogP contribution in [0.4, 0.5) is 5.95 Å². The SMILES string of the molecule is O=S(=O)(Nc1ncccn1)c1ccc(Cl)cc1Br. The van der Waals surface area contributed by atoms with E-state index in [0.29, 0.717) is 9.50 Å². The predicted octanol–water partition coefficient (Wildman–Crippen LogP) is 2.69. The van der Waals surface area contributed by atoms with Crippen molar-refractivity contribution in [3.63, 3.8) is 0 Å². The van der Waals surface area contributed by atoms with Crippen LogP contribution in [0.1, 0.15) is 0 Å². The van der Waals surface area contributed by atoms with E-state index in [1.807, 2.05) is 0 Å². The summed E-state index contributed by atoms with van der Waals surface area (Å²) < 4.78 is 26.8. The molecule has 0 aliphatic rings. The second-order valence-electron chi connectivity index (χ2n) is 3.25. The van der Waals surface area contributed by atoms with Crippen LogP contribution in [-0.4, -0.2) is 18.4 Å². The Labute approximate surface area is 117 Å². The molecule has 18 heavy (non-hydrogen) atoms. The van der Waals surface area contributed by atoms with E-state index in [0.717, 1.165) is 0 Å². The van der Waals surface area contributed by atoms with E-state index in [-0.39, 0.29) is 10.8 Å². The standard InChI is InChI=1S/C10H7BrClN3O2S/c11-8-6-7(12)2-3-9(8)18(16,17)15-10-13-4-1-5-14-10/h1-6H,(H,13,14,15). The molecule has 1 N–H and O–H groups in total. The molecule has 0 radical (unpaired) electrons. The fourth-order valence-corrected chi connectivity index (χ4v) is 3.56. The molecule has 8 heteroatoms. The number of hydrogen-bond donors (Lipinski definition) is 1. The summed E-state index contributed by atoms with van der Waals surface area (Å²) in [5.74, 6) is 0.0133. The lowest BCUT2D eigenvalue weighted by Gasteiger charge is -2.08. The average molecular weight is 349 g/mol. The number of anilines is 1. The number of rotatable bonds is 3. The molecular weight excluding hydrogens is 342 g/mol. The Hall–Kier alpha value is -1.18. The zero-order valence-electron chi connectivity index (χ0n) is 8.84. The number of aromatic nitrogens is 2. The minimum absolute atomic E-state index is 0.0133. The minimum Gasteiger partial charge on any atom is -0.247 e. The summed E-state index contributed by atoms with van der Waals surface area (Å²) in [4.78, 5) is 7.66. The molecule has 0 aliphatic heterocycles. The smallest absolute Gasteiger partial charge is 0.247 e. The van der Waals surface area contributed by atoms with Crippen molar-refractivity contribution in [3.8, 4) is 0 Å². The van der Waals surface area contributed by atoms with Gasteiger partial charge in [0.25, 0.3) is 10.0 Å². The average Bonchev–Trinajstić information content (AvgIpc) is 2.29. The van der Waals surface area contributed by atoms with E-state index in [4.69, 9.17) is 11.6 Å². The van der Waals surface area contributed by atoms with Crippen molar-refractivity contribution in [2.24, 2.45) is 0 Å². The Morgan fingerprint density at radius 3 is 2.50 bits per heavy atom. The molecule has 0 spiro atoms. The number of benzene rings is 1. The van der Waals surface area contributed by atoms with Crippen molar-refractivity contribution in [1.82, 2.24) is 9.97 Å². The lowest BCUT2D eigenvalue weighted by Crippen LogP contribution is -2.15. The molecule has 0 unspecified atom stereocenters. The Morgan fingerprint density at radius 2 is 1.89 bits per heavy atom. The van der Waals surface area contributed by atoms with Gasteiger partial charge in [0, 0.05) is 21.9 Å². The van der Waals surface area contributed by atoms with Gasteiger partial charge in [0.15, 0.2) is 0 Å². The van der Waals surface area contributed by atoms with Crippen LogP contribution in [0.2, 0.25) is 5.02 Å². The molecule has 0 saturated heterocycles. The molecule has 0 bridgehead atoms. The van der Waals surface area contributed by atoms with Gasteiger partial charge >= 0.3 is 0 Å². The third-order valence-electron chi connectivity index (χ3n) is 1.97. The van der Waals surface area contributed by atoms with Gasteiger partial charge in [0.1, 0.15) is 4.90 Å². The fourth-order valence-electron chi connectivity index (χ4n) is 1.22. The third kappa shape index (κ3) is 2.98. The van der Waals surface area contributed by atoms with Crippen molar-refractivity contribution in [2.45, 2.75) is 4.90 Å². The summed E-state index contributed by atoms with van der Waals surface area (Å²) in [5.41, 5.74) is 0. The number of nitrogens with one attached hydrogen (secondary N) is 1. The number of sulfonamides is 1. The van der Waals surface area contributed by atoms with E-state index in [9.17, 15) is 8.42 Å². The van der Waals surface area contributed by atoms with Crippen LogP contribution in [0.3, 0.4) is 0 Å². The molecular formula is C10H7BrClN3O2S. The van der Waals surface area contributed by atoms with Crippen LogP contribution < -0.4 is 4.72 Å². The highest BCUT2D eigenvalue weighted by Gasteiger charge is 2.18. The molecule has 2 rings (SSSR count). The monoisotopic (exact) mass is 347 g/mol. The maximum Gasteiger partial charge on any atom is 0.265 e. The van der Waals surface area contributed by atoms with Gasteiger partial charge in [-0.2, -0.15) is 0 Å². The largest absolute Gasteiger partial charge is 0.265 e. The molecule has 0 atom stereocenters. The Kier molecular flexibility index (Phi) is 3.84. The lowest BCUT2D eigenvalue weighted by molar-refractivity contribution is 0.600. The summed E-state index contributed by atoms with van der Waals surface area (Å²) in [6, 6.07) is 5.99. The van der Waals surface area contributed by atoms with Gasteiger partial charge < -0.3 is 0 Å². The first-order chi connectivity index (χ1) is 8.49. The summed E-state index contributed by atoms with van der Waals surface area (Å²) in [6.07, 6.45) is 2.89. The van der Waals surface area contributed by atoms with E-state index in [2.05, 4.69) is 30.6 Å². The molecule has 5 nitrogen and oxygen atoms in total. The van der Waals surface area contributed by atoms with Crippen LogP contribution in [0, 0.1) is 0 Å². The lowest BCUT2D eigenvalue weighted by atomic mass is 10.4. The van der Waals surface area contributed by atoms with Crippen molar-refractivity contribution in [3.05, 3.63) is 46.2 Å². The van der Waals surface area contributed by atoms with Gasteiger partial charge in [-0.25, -0.2) is 23.1 Å². The zero-order chi connectivity index (χ0) is 13.2. The minimum atomic E-state index is -3.74. The maximum atomic E-state index is 12.1. The highest BCUT2D eigenvalue weighted by atomic mass is 79.9. The molecule has 0 aliphatic carbocycles. The molecule has 0 amide bonds. The van der Waals surface area contributed by atoms with Crippen molar-refractivity contribution in [2.75, 3.05) is 4.72 Å². The number of halogens is 2. The van der Waals surface area contributed by atoms with Crippen LogP contribution in [0.25, 0.3) is 0 Å². The first-order valence-electron chi connectivity index (χ1n) is 4.74. The van der Waals surface area contributed by atoms with Crippen LogP contribution >= 0.6 is 27.5 Å². The molecule has 1 aromatic carbocycles. The molecule has 94 valence electrons. The van der Waals surface area contributed by atoms with E-state index >= 15 is 0 Å². The van der Waals surface area contributed by atoms with Crippen molar-refractivity contribution < 1.29 is 8.42 Å². The molecule has 1 heterocycles. The van der Waals surface area contributed by atoms with Gasteiger partial charge in [-0.1, -0.05) is 11.6 Å². The van der Waals surface area contributed by atoms with Gasteiger partial charge in [-0.05, 0) is 40.2 Å². The normalized spacial score (nSPS) is 11.2. The molecule has 1 aromatic heterocycles. The van der Waals surface area contributed by atoms with E-state index in [1.54, 1.807) is 6.07 Å². The molecule has 0 fully saturated rings. The second kappa shape index (κ2) is 5.21. The van der Waals surface area contributed by atoms with Crippen molar-refractivity contribution >= 4 is 43.5 Å². The van der Waals surface area contributed by atoms with Crippen molar-refractivity contribution in [1.29, 1.82) is 0 Å². The molecule has 0 saturated carbocycles. The maximum absolute atomic E-state index is 12.1. The highest BCUT2D eigenvalue weighted by molar-refractivity contribution is 9.10. The van der Waals surface area contributed by atoms with Gasteiger partial charge in [0.2, 0.25) is 5.95 Å². The highest BCUT2D eigenvalue weighted by Crippen LogP contribution is 2.26. The third-order valence-corrected chi connectivity index (χ3v) is 4.51. The molecule has 2 aromatic rings. The van der Waals surface area contributed by atoms with Gasteiger partial charge in [0.05, 0.1) is 0 Å².